The summed E-state index contributed by atoms with van der Waals surface area (Å²) in [5.41, 5.74) is -3.82. The standard InChI is InChI=1S/C18H10F6IN3O/c19-17(20,21)11-5-12(18(22,23)24)7-15(6-11)27-9-10(8-26)16(29)28-14-3-1-13(25)2-4-14/h1-7,9,27H,(H,28,29)/b10-9+. The van der Waals surface area contributed by atoms with E-state index in [4.69, 9.17) is 5.26 Å². The van der Waals surface area contributed by atoms with Gasteiger partial charge in [-0.1, -0.05) is 0 Å². The van der Waals surface area contributed by atoms with Gasteiger partial charge in [-0.3, -0.25) is 4.79 Å². The molecule has 11 heteroatoms. The molecule has 0 atom stereocenters. The van der Waals surface area contributed by atoms with Crippen LogP contribution in [0.3, 0.4) is 0 Å². The van der Waals surface area contributed by atoms with Crippen LogP contribution in [0.15, 0.2) is 54.2 Å². The number of anilines is 2. The van der Waals surface area contributed by atoms with Crippen LogP contribution in [0.4, 0.5) is 37.7 Å². The molecule has 0 aliphatic heterocycles. The zero-order valence-electron chi connectivity index (χ0n) is 14.1. The summed E-state index contributed by atoms with van der Waals surface area (Å²) >= 11 is 2.04. The molecule has 0 bridgehead atoms. The van der Waals surface area contributed by atoms with Gasteiger partial charge in [-0.25, -0.2) is 0 Å². The minimum Gasteiger partial charge on any atom is -0.360 e. The van der Waals surface area contributed by atoms with Gasteiger partial charge in [0.2, 0.25) is 0 Å². The van der Waals surface area contributed by atoms with Gasteiger partial charge in [0.1, 0.15) is 11.6 Å². The highest BCUT2D eigenvalue weighted by Gasteiger charge is 2.36. The van der Waals surface area contributed by atoms with E-state index in [0.29, 0.717) is 17.8 Å². The number of nitrogens with zero attached hydrogens (tertiary/aromatic N) is 1. The van der Waals surface area contributed by atoms with E-state index in [0.717, 1.165) is 9.77 Å². The highest BCUT2D eigenvalue weighted by Crippen LogP contribution is 2.37. The van der Waals surface area contributed by atoms with Gasteiger partial charge in [0.25, 0.3) is 5.91 Å². The minimum absolute atomic E-state index is 0.0242. The molecule has 0 aromatic heterocycles. The summed E-state index contributed by atoms with van der Waals surface area (Å²) in [5.74, 6) is -0.885. The number of carbonyl (C=O) groups excluding carboxylic acids is 1. The first-order valence-electron chi connectivity index (χ1n) is 7.63. The van der Waals surface area contributed by atoms with Crippen molar-refractivity contribution in [1.29, 1.82) is 5.26 Å². The van der Waals surface area contributed by atoms with Crippen LogP contribution in [0.25, 0.3) is 0 Å². The molecule has 0 unspecified atom stereocenters. The van der Waals surface area contributed by atoms with Crippen LogP contribution in [-0.2, 0) is 17.1 Å². The van der Waals surface area contributed by atoms with Gasteiger partial charge in [0, 0.05) is 21.1 Å². The molecule has 29 heavy (non-hydrogen) atoms. The molecular formula is C18H10F6IN3O. The van der Waals surface area contributed by atoms with Gasteiger partial charge in [0.05, 0.1) is 11.1 Å². The van der Waals surface area contributed by atoms with Crippen LogP contribution in [0.5, 0.6) is 0 Å². The van der Waals surface area contributed by atoms with Gasteiger partial charge >= 0.3 is 12.4 Å². The van der Waals surface area contributed by atoms with Crippen LogP contribution in [0.1, 0.15) is 11.1 Å². The van der Waals surface area contributed by atoms with Crippen molar-refractivity contribution in [3.8, 4) is 6.07 Å². The molecule has 0 fully saturated rings. The Hall–Kier alpha value is -2.75. The Bertz CT molecular complexity index is 943. The Balaban J connectivity index is 2.28. The highest BCUT2D eigenvalue weighted by molar-refractivity contribution is 14.1. The molecule has 2 rings (SSSR count). The summed E-state index contributed by atoms with van der Waals surface area (Å²) in [5, 5.41) is 13.6. The molecule has 0 radical (unpaired) electrons. The van der Waals surface area contributed by atoms with Crippen molar-refractivity contribution >= 4 is 39.9 Å². The summed E-state index contributed by atoms with van der Waals surface area (Å²) in [4.78, 5) is 12.1. The number of alkyl halides is 6. The highest BCUT2D eigenvalue weighted by atomic mass is 127. The summed E-state index contributed by atoms with van der Waals surface area (Å²) in [6.07, 6.45) is -9.29. The van der Waals surface area contributed by atoms with Crippen LogP contribution in [0, 0.1) is 14.9 Å². The van der Waals surface area contributed by atoms with Crippen molar-refractivity contribution < 1.29 is 31.1 Å². The smallest absolute Gasteiger partial charge is 0.360 e. The van der Waals surface area contributed by atoms with Crippen LogP contribution in [-0.4, -0.2) is 5.91 Å². The first kappa shape index (κ1) is 22.5. The number of rotatable bonds is 4. The molecule has 0 saturated heterocycles. The fourth-order valence-corrected chi connectivity index (χ4v) is 2.43. The number of nitrogens with one attached hydrogen (secondary N) is 2. The molecule has 4 nitrogen and oxygen atoms in total. The summed E-state index contributed by atoms with van der Waals surface area (Å²) in [6.45, 7) is 0. The van der Waals surface area contributed by atoms with Crippen molar-refractivity contribution in [2.24, 2.45) is 0 Å². The van der Waals surface area contributed by atoms with Crippen molar-refractivity contribution in [1.82, 2.24) is 0 Å². The summed E-state index contributed by atoms with van der Waals surface area (Å²) in [7, 11) is 0. The molecule has 152 valence electrons. The maximum absolute atomic E-state index is 12.9. The van der Waals surface area contributed by atoms with E-state index < -0.39 is 40.6 Å². The molecule has 0 heterocycles. The molecule has 0 saturated carbocycles. The fraction of sp³-hybridized carbons (Fsp3) is 0.111. The van der Waals surface area contributed by atoms with Gasteiger partial charge < -0.3 is 10.6 Å². The number of nitriles is 1. The number of carbonyl (C=O) groups is 1. The third-order valence-corrected chi connectivity index (χ3v) is 4.16. The SMILES string of the molecule is N#C/C(=C\Nc1cc(C(F)(F)F)cc(C(F)(F)F)c1)C(=O)Nc1ccc(I)cc1. The lowest BCUT2D eigenvalue weighted by Crippen LogP contribution is -2.15. The Morgan fingerprint density at radius 2 is 1.45 bits per heavy atom. The molecule has 0 aliphatic carbocycles. The monoisotopic (exact) mass is 525 g/mol. The third-order valence-electron chi connectivity index (χ3n) is 3.44. The predicted molar refractivity (Wildman–Crippen MR) is 102 cm³/mol. The second kappa shape index (κ2) is 8.73. The lowest BCUT2D eigenvalue weighted by molar-refractivity contribution is -0.143. The van der Waals surface area contributed by atoms with Crippen molar-refractivity contribution in [3.05, 3.63) is 68.9 Å². The van der Waals surface area contributed by atoms with E-state index in [2.05, 4.69) is 10.6 Å². The summed E-state index contributed by atoms with van der Waals surface area (Å²) in [6, 6.07) is 8.89. The molecule has 2 N–H and O–H groups in total. The minimum atomic E-state index is -5.01. The quantitative estimate of drug-likeness (QED) is 0.230. The lowest BCUT2D eigenvalue weighted by atomic mass is 10.1. The topological polar surface area (TPSA) is 64.9 Å². The van der Waals surface area contributed by atoms with E-state index in [1.54, 1.807) is 24.3 Å². The number of hydrogen-bond acceptors (Lipinski definition) is 3. The molecule has 0 spiro atoms. The van der Waals surface area contributed by atoms with E-state index in [1.807, 2.05) is 22.6 Å². The fourth-order valence-electron chi connectivity index (χ4n) is 2.07. The van der Waals surface area contributed by atoms with Gasteiger partial charge in [-0.15, -0.1) is 0 Å². The average Bonchev–Trinajstić information content (AvgIpc) is 2.62. The van der Waals surface area contributed by atoms with E-state index in [1.165, 1.54) is 6.07 Å². The van der Waals surface area contributed by atoms with Crippen LogP contribution < -0.4 is 10.6 Å². The Kier molecular flexibility index (Phi) is 6.78. The van der Waals surface area contributed by atoms with Gasteiger partial charge in [0.15, 0.2) is 0 Å². The first-order valence-corrected chi connectivity index (χ1v) is 8.71. The molecule has 2 aromatic rings. The maximum Gasteiger partial charge on any atom is 0.416 e. The largest absolute Gasteiger partial charge is 0.416 e. The number of amides is 1. The number of hydrogen-bond donors (Lipinski definition) is 2. The Morgan fingerprint density at radius 1 is 0.931 bits per heavy atom. The van der Waals surface area contributed by atoms with Crippen molar-refractivity contribution in [3.63, 3.8) is 0 Å². The average molecular weight is 525 g/mol. The van der Waals surface area contributed by atoms with Crippen LogP contribution in [0.2, 0.25) is 0 Å². The van der Waals surface area contributed by atoms with Crippen molar-refractivity contribution in [2.45, 2.75) is 12.4 Å². The van der Waals surface area contributed by atoms with Gasteiger partial charge in [-0.2, -0.15) is 31.6 Å². The molecule has 0 aliphatic rings. The number of benzene rings is 2. The second-order valence-corrected chi connectivity index (χ2v) is 6.82. The normalized spacial score (nSPS) is 12.3. The zero-order chi connectivity index (χ0) is 21.8. The lowest BCUT2D eigenvalue weighted by Gasteiger charge is -2.14. The third kappa shape index (κ3) is 6.38. The van der Waals surface area contributed by atoms with Crippen LogP contribution >= 0.6 is 22.6 Å². The maximum atomic E-state index is 12.9. The van der Waals surface area contributed by atoms with E-state index in [-0.39, 0.29) is 6.07 Å². The Morgan fingerprint density at radius 3 is 1.90 bits per heavy atom. The van der Waals surface area contributed by atoms with E-state index >= 15 is 0 Å². The molecular weight excluding hydrogens is 515 g/mol. The molecule has 1 amide bonds. The predicted octanol–water partition coefficient (Wildman–Crippen LogP) is 5.79. The summed E-state index contributed by atoms with van der Waals surface area (Å²) < 4.78 is 78.1. The van der Waals surface area contributed by atoms with Crippen molar-refractivity contribution in [2.75, 3.05) is 10.6 Å². The first-order chi connectivity index (χ1) is 13.4. The molecule has 2 aromatic carbocycles. The zero-order valence-corrected chi connectivity index (χ0v) is 16.3. The second-order valence-electron chi connectivity index (χ2n) is 5.57. The Labute approximate surface area is 174 Å². The number of halogens is 7. The van der Waals surface area contributed by atoms with E-state index in [9.17, 15) is 31.1 Å². The van der Waals surface area contributed by atoms with Gasteiger partial charge in [-0.05, 0) is 65.1 Å².